The topological polar surface area (TPSA) is 50.3 Å². The summed E-state index contributed by atoms with van der Waals surface area (Å²) in [7, 11) is 1.66. The van der Waals surface area contributed by atoms with Crippen LogP contribution in [0.3, 0.4) is 0 Å². The van der Waals surface area contributed by atoms with Gasteiger partial charge in [0.1, 0.15) is 11.6 Å². The van der Waals surface area contributed by atoms with Crippen LogP contribution in [-0.2, 0) is 0 Å². The van der Waals surface area contributed by atoms with Gasteiger partial charge in [-0.3, -0.25) is 0 Å². The predicted molar refractivity (Wildman–Crippen MR) is 79.3 cm³/mol. The van der Waals surface area contributed by atoms with E-state index in [-0.39, 0.29) is 0 Å². The summed E-state index contributed by atoms with van der Waals surface area (Å²) >= 11 is 0. The van der Waals surface area contributed by atoms with Gasteiger partial charge in [0.25, 0.3) is 0 Å². The highest BCUT2D eigenvalue weighted by atomic mass is 16.5. The number of aromatic nitrogens is 2. The zero-order chi connectivity index (χ0) is 13.9. The monoisotopic (exact) mass is 276 g/mol. The SMILES string of the molecule is COc1cc(N2CCCC(CNC3CC3)C2)nc(C)n1. The van der Waals surface area contributed by atoms with Gasteiger partial charge in [0.2, 0.25) is 5.88 Å². The zero-order valence-corrected chi connectivity index (χ0v) is 12.4. The van der Waals surface area contributed by atoms with Crippen molar-refractivity contribution in [3.8, 4) is 5.88 Å². The number of piperidine rings is 1. The second-order valence-corrected chi connectivity index (χ2v) is 5.95. The maximum Gasteiger partial charge on any atom is 0.218 e. The molecule has 5 heteroatoms. The van der Waals surface area contributed by atoms with Crippen molar-refractivity contribution in [3.05, 3.63) is 11.9 Å². The number of nitrogens with one attached hydrogen (secondary N) is 1. The molecule has 0 aromatic carbocycles. The summed E-state index contributed by atoms with van der Waals surface area (Å²) in [5.41, 5.74) is 0. The normalized spacial score (nSPS) is 22.9. The largest absolute Gasteiger partial charge is 0.481 e. The molecule has 1 aliphatic heterocycles. The Morgan fingerprint density at radius 1 is 1.35 bits per heavy atom. The van der Waals surface area contributed by atoms with Gasteiger partial charge in [-0.2, -0.15) is 4.98 Å². The molecule has 1 atom stereocenters. The summed E-state index contributed by atoms with van der Waals surface area (Å²) in [6.07, 6.45) is 5.28. The molecule has 5 nitrogen and oxygen atoms in total. The highest BCUT2D eigenvalue weighted by Gasteiger charge is 2.25. The molecular weight excluding hydrogens is 252 g/mol. The Bertz CT molecular complexity index is 461. The van der Waals surface area contributed by atoms with Crippen LogP contribution in [0.2, 0.25) is 0 Å². The molecule has 2 aliphatic rings. The lowest BCUT2D eigenvalue weighted by molar-refractivity contribution is 0.384. The lowest BCUT2D eigenvalue weighted by Crippen LogP contribution is -2.40. The molecule has 1 unspecified atom stereocenters. The molecule has 2 heterocycles. The van der Waals surface area contributed by atoms with Crippen molar-refractivity contribution in [2.45, 2.75) is 38.6 Å². The zero-order valence-electron chi connectivity index (χ0n) is 12.4. The van der Waals surface area contributed by atoms with E-state index in [1.165, 1.54) is 25.7 Å². The Hall–Kier alpha value is -1.36. The molecule has 1 saturated heterocycles. The Balaban J connectivity index is 1.64. The third kappa shape index (κ3) is 3.39. The van der Waals surface area contributed by atoms with Crippen molar-refractivity contribution in [3.63, 3.8) is 0 Å². The van der Waals surface area contributed by atoms with Gasteiger partial charge in [-0.05, 0) is 45.1 Å². The molecule has 1 aliphatic carbocycles. The average Bonchev–Trinajstić information content (AvgIpc) is 3.29. The number of nitrogens with zero attached hydrogens (tertiary/aromatic N) is 3. The molecule has 3 rings (SSSR count). The highest BCUT2D eigenvalue weighted by molar-refractivity contribution is 5.42. The maximum absolute atomic E-state index is 5.25. The van der Waals surface area contributed by atoms with Crippen molar-refractivity contribution in [1.29, 1.82) is 0 Å². The predicted octanol–water partition coefficient (Wildman–Crippen LogP) is 1.76. The van der Waals surface area contributed by atoms with Gasteiger partial charge in [-0.25, -0.2) is 4.98 Å². The molecule has 0 amide bonds. The van der Waals surface area contributed by atoms with Gasteiger partial charge < -0.3 is 15.0 Å². The molecule has 110 valence electrons. The number of rotatable bonds is 5. The Morgan fingerprint density at radius 3 is 2.95 bits per heavy atom. The molecule has 1 aromatic rings. The molecule has 0 radical (unpaired) electrons. The van der Waals surface area contributed by atoms with E-state index in [0.717, 1.165) is 43.2 Å². The lowest BCUT2D eigenvalue weighted by Gasteiger charge is -2.34. The summed E-state index contributed by atoms with van der Waals surface area (Å²) in [6.45, 7) is 5.23. The summed E-state index contributed by atoms with van der Waals surface area (Å²) in [6, 6.07) is 2.75. The van der Waals surface area contributed by atoms with Crippen LogP contribution in [0.1, 0.15) is 31.5 Å². The minimum Gasteiger partial charge on any atom is -0.481 e. The minimum atomic E-state index is 0.658. The molecule has 0 bridgehead atoms. The van der Waals surface area contributed by atoms with Crippen molar-refractivity contribution < 1.29 is 4.74 Å². The van der Waals surface area contributed by atoms with Crippen LogP contribution >= 0.6 is 0 Å². The van der Waals surface area contributed by atoms with Crippen LogP contribution in [0.4, 0.5) is 5.82 Å². The second-order valence-electron chi connectivity index (χ2n) is 5.95. The van der Waals surface area contributed by atoms with Crippen LogP contribution < -0.4 is 15.0 Å². The number of hydrogen-bond donors (Lipinski definition) is 1. The Kier molecular flexibility index (Phi) is 4.05. The quantitative estimate of drug-likeness (QED) is 0.888. The fraction of sp³-hybridized carbons (Fsp3) is 0.733. The van der Waals surface area contributed by atoms with Gasteiger partial charge in [0.15, 0.2) is 0 Å². The molecule has 1 aromatic heterocycles. The first-order valence-electron chi connectivity index (χ1n) is 7.62. The van der Waals surface area contributed by atoms with E-state index >= 15 is 0 Å². The van der Waals surface area contributed by atoms with Crippen LogP contribution in [-0.4, -0.2) is 42.8 Å². The number of aryl methyl sites for hydroxylation is 1. The van der Waals surface area contributed by atoms with Crippen LogP contribution in [0.25, 0.3) is 0 Å². The molecule has 20 heavy (non-hydrogen) atoms. The number of methoxy groups -OCH3 is 1. The van der Waals surface area contributed by atoms with Gasteiger partial charge in [-0.15, -0.1) is 0 Å². The van der Waals surface area contributed by atoms with Gasteiger partial charge in [0, 0.05) is 25.2 Å². The van der Waals surface area contributed by atoms with Crippen LogP contribution in [0.5, 0.6) is 5.88 Å². The summed E-state index contributed by atoms with van der Waals surface area (Å²) in [5.74, 6) is 3.17. The maximum atomic E-state index is 5.25. The van der Waals surface area contributed by atoms with Gasteiger partial charge >= 0.3 is 0 Å². The summed E-state index contributed by atoms with van der Waals surface area (Å²) < 4.78 is 5.25. The van der Waals surface area contributed by atoms with Gasteiger partial charge in [0.05, 0.1) is 7.11 Å². The Labute approximate surface area is 120 Å². The highest BCUT2D eigenvalue weighted by Crippen LogP contribution is 2.25. The fourth-order valence-electron chi connectivity index (χ4n) is 2.85. The van der Waals surface area contributed by atoms with Crippen molar-refractivity contribution in [1.82, 2.24) is 15.3 Å². The number of ether oxygens (including phenoxy) is 1. The van der Waals surface area contributed by atoms with Crippen molar-refractivity contribution >= 4 is 5.82 Å². The number of hydrogen-bond acceptors (Lipinski definition) is 5. The van der Waals surface area contributed by atoms with Gasteiger partial charge in [-0.1, -0.05) is 0 Å². The molecule has 1 N–H and O–H groups in total. The van der Waals surface area contributed by atoms with E-state index in [0.29, 0.717) is 5.88 Å². The van der Waals surface area contributed by atoms with Crippen LogP contribution in [0.15, 0.2) is 6.07 Å². The molecular formula is C15H24N4O. The average molecular weight is 276 g/mol. The second kappa shape index (κ2) is 5.95. The van der Waals surface area contributed by atoms with E-state index < -0.39 is 0 Å². The van der Waals surface area contributed by atoms with Crippen molar-refractivity contribution in [2.24, 2.45) is 5.92 Å². The molecule has 1 saturated carbocycles. The molecule has 0 spiro atoms. The van der Waals surface area contributed by atoms with E-state index in [9.17, 15) is 0 Å². The first-order valence-corrected chi connectivity index (χ1v) is 7.62. The smallest absolute Gasteiger partial charge is 0.218 e. The molecule has 2 fully saturated rings. The third-order valence-electron chi connectivity index (χ3n) is 4.13. The first-order chi connectivity index (χ1) is 9.74. The summed E-state index contributed by atoms with van der Waals surface area (Å²) in [5, 5.41) is 3.65. The standard InChI is InChI=1S/C15H24N4O/c1-11-17-14(8-15(18-11)20-2)19-7-3-4-12(10-19)9-16-13-5-6-13/h8,12-13,16H,3-7,9-10H2,1-2H3. The number of anilines is 1. The lowest BCUT2D eigenvalue weighted by atomic mass is 9.98. The minimum absolute atomic E-state index is 0.658. The third-order valence-corrected chi connectivity index (χ3v) is 4.13. The van der Waals surface area contributed by atoms with E-state index in [1.54, 1.807) is 7.11 Å². The van der Waals surface area contributed by atoms with Crippen molar-refractivity contribution in [2.75, 3.05) is 31.6 Å². The van der Waals surface area contributed by atoms with Crippen LogP contribution in [0, 0.1) is 12.8 Å². The fourth-order valence-corrected chi connectivity index (χ4v) is 2.85. The van der Waals surface area contributed by atoms with E-state index in [2.05, 4.69) is 20.2 Å². The van der Waals surface area contributed by atoms with E-state index in [4.69, 9.17) is 4.74 Å². The van der Waals surface area contributed by atoms with E-state index in [1.807, 2.05) is 13.0 Å². The summed E-state index contributed by atoms with van der Waals surface area (Å²) in [4.78, 5) is 11.2. The first kappa shape index (κ1) is 13.6. The Morgan fingerprint density at radius 2 is 2.20 bits per heavy atom.